The van der Waals surface area contributed by atoms with Crippen LogP contribution in [-0.4, -0.2) is 38.3 Å². The molecular formula is C18H23ClN4O2. The first-order valence-electron chi connectivity index (χ1n) is 8.43. The molecule has 0 saturated carbocycles. The third-order valence-electron chi connectivity index (χ3n) is 4.21. The molecule has 1 saturated heterocycles. The van der Waals surface area contributed by atoms with Crippen LogP contribution in [0.25, 0.3) is 11.4 Å². The van der Waals surface area contributed by atoms with Crippen LogP contribution in [-0.2, 0) is 4.74 Å². The van der Waals surface area contributed by atoms with Gasteiger partial charge in [-0.3, -0.25) is 10.00 Å². The summed E-state index contributed by atoms with van der Waals surface area (Å²) < 4.78 is 5.51. The van der Waals surface area contributed by atoms with E-state index in [4.69, 9.17) is 16.3 Å². The second-order valence-electron chi connectivity index (χ2n) is 7.29. The summed E-state index contributed by atoms with van der Waals surface area (Å²) in [5, 5.41) is 8.00. The van der Waals surface area contributed by atoms with E-state index in [1.807, 2.05) is 45.9 Å². The molecule has 0 radical (unpaired) electrons. The SMILES string of the molecule is Cc1c(Cl)cccc1-c1n[nH]c([C@@H]2CCCN2C(=O)OC(C)(C)C)n1. The summed E-state index contributed by atoms with van der Waals surface area (Å²) in [6.45, 7) is 8.20. The van der Waals surface area contributed by atoms with Gasteiger partial charge in [-0.1, -0.05) is 23.7 Å². The summed E-state index contributed by atoms with van der Waals surface area (Å²) in [6, 6.07) is 5.52. The van der Waals surface area contributed by atoms with E-state index in [9.17, 15) is 4.79 Å². The molecule has 1 aliphatic rings. The van der Waals surface area contributed by atoms with Gasteiger partial charge in [0.05, 0.1) is 6.04 Å². The number of aromatic nitrogens is 3. The van der Waals surface area contributed by atoms with Crippen molar-refractivity contribution in [3.63, 3.8) is 0 Å². The lowest BCUT2D eigenvalue weighted by Gasteiger charge is -2.27. The first-order valence-corrected chi connectivity index (χ1v) is 8.81. The molecule has 7 heteroatoms. The highest BCUT2D eigenvalue weighted by Crippen LogP contribution is 2.33. The van der Waals surface area contributed by atoms with Crippen LogP contribution < -0.4 is 0 Å². The number of hydrogen-bond donors (Lipinski definition) is 1. The average Bonchev–Trinajstić information content (AvgIpc) is 3.16. The number of likely N-dealkylation sites (tertiary alicyclic amines) is 1. The predicted molar refractivity (Wildman–Crippen MR) is 96.5 cm³/mol. The van der Waals surface area contributed by atoms with Gasteiger partial charge >= 0.3 is 6.09 Å². The second kappa shape index (κ2) is 6.67. The van der Waals surface area contributed by atoms with Crippen LogP contribution in [0, 0.1) is 6.92 Å². The van der Waals surface area contributed by atoms with Gasteiger partial charge in [0.15, 0.2) is 5.82 Å². The number of rotatable bonds is 2. The van der Waals surface area contributed by atoms with E-state index < -0.39 is 5.60 Å². The first kappa shape index (κ1) is 17.7. The molecule has 2 aromatic rings. The largest absolute Gasteiger partial charge is 0.444 e. The molecule has 1 atom stereocenters. The highest BCUT2D eigenvalue weighted by Gasteiger charge is 2.35. The highest BCUT2D eigenvalue weighted by atomic mass is 35.5. The molecule has 1 amide bonds. The smallest absolute Gasteiger partial charge is 0.410 e. The van der Waals surface area contributed by atoms with Crippen LogP contribution in [0.1, 0.15) is 51.0 Å². The van der Waals surface area contributed by atoms with E-state index in [1.54, 1.807) is 4.90 Å². The van der Waals surface area contributed by atoms with E-state index >= 15 is 0 Å². The van der Waals surface area contributed by atoms with Crippen LogP contribution in [0.2, 0.25) is 5.02 Å². The minimum Gasteiger partial charge on any atom is -0.444 e. The molecule has 1 aromatic heterocycles. The zero-order valence-electron chi connectivity index (χ0n) is 15.0. The van der Waals surface area contributed by atoms with Gasteiger partial charge in [0, 0.05) is 17.1 Å². The molecule has 1 aliphatic heterocycles. The van der Waals surface area contributed by atoms with Gasteiger partial charge in [-0.15, -0.1) is 0 Å². The number of carbonyl (C=O) groups is 1. The monoisotopic (exact) mass is 362 g/mol. The standard InChI is InChI=1S/C18H23ClN4O2/c1-11-12(7-5-8-13(11)19)15-20-16(22-21-15)14-9-6-10-23(14)17(24)25-18(2,3)4/h5,7-8,14H,6,9-10H2,1-4H3,(H,20,21,22)/t14-/m0/s1. The number of aromatic amines is 1. The summed E-state index contributed by atoms with van der Waals surface area (Å²) in [5.74, 6) is 1.27. The minimum absolute atomic E-state index is 0.143. The third kappa shape index (κ3) is 3.79. The zero-order valence-corrected chi connectivity index (χ0v) is 15.7. The van der Waals surface area contributed by atoms with Gasteiger partial charge in [0.2, 0.25) is 0 Å². The summed E-state index contributed by atoms with van der Waals surface area (Å²) in [7, 11) is 0. The van der Waals surface area contributed by atoms with Crippen molar-refractivity contribution in [2.75, 3.05) is 6.54 Å². The highest BCUT2D eigenvalue weighted by molar-refractivity contribution is 6.31. The maximum absolute atomic E-state index is 12.4. The fourth-order valence-corrected chi connectivity index (χ4v) is 3.16. The Labute approximate surface area is 152 Å². The molecular weight excluding hydrogens is 340 g/mol. The van der Waals surface area contributed by atoms with Gasteiger partial charge < -0.3 is 4.74 Å². The third-order valence-corrected chi connectivity index (χ3v) is 4.62. The van der Waals surface area contributed by atoms with Crippen molar-refractivity contribution in [1.29, 1.82) is 0 Å². The Hall–Kier alpha value is -2.08. The number of H-pyrrole nitrogens is 1. The lowest BCUT2D eigenvalue weighted by atomic mass is 10.1. The Morgan fingerprint density at radius 1 is 1.40 bits per heavy atom. The Kier molecular flexibility index (Phi) is 4.73. The van der Waals surface area contributed by atoms with Crippen molar-refractivity contribution in [1.82, 2.24) is 20.1 Å². The number of halogens is 1. The van der Waals surface area contributed by atoms with E-state index in [-0.39, 0.29) is 12.1 Å². The maximum Gasteiger partial charge on any atom is 0.410 e. The predicted octanol–water partition coefficient (Wildman–Crippen LogP) is 4.51. The number of hydrogen-bond acceptors (Lipinski definition) is 4. The van der Waals surface area contributed by atoms with Crippen LogP contribution in [0.3, 0.4) is 0 Å². The normalized spacial score (nSPS) is 17.8. The number of ether oxygens (including phenoxy) is 1. The van der Waals surface area contributed by atoms with Crippen molar-refractivity contribution in [2.24, 2.45) is 0 Å². The van der Waals surface area contributed by atoms with Crippen molar-refractivity contribution < 1.29 is 9.53 Å². The maximum atomic E-state index is 12.4. The molecule has 2 heterocycles. The number of amides is 1. The molecule has 3 rings (SSSR count). The number of carbonyl (C=O) groups excluding carboxylic acids is 1. The van der Waals surface area contributed by atoms with Crippen molar-refractivity contribution >= 4 is 17.7 Å². The van der Waals surface area contributed by atoms with Crippen molar-refractivity contribution in [3.05, 3.63) is 34.6 Å². The minimum atomic E-state index is -0.519. The van der Waals surface area contributed by atoms with Gasteiger partial charge in [0.1, 0.15) is 11.4 Å². The summed E-state index contributed by atoms with van der Waals surface area (Å²) >= 11 is 6.19. The number of nitrogens with zero attached hydrogens (tertiary/aromatic N) is 3. The fraction of sp³-hybridized carbons (Fsp3) is 0.500. The quantitative estimate of drug-likeness (QED) is 0.853. The molecule has 1 N–H and O–H groups in total. The fourth-order valence-electron chi connectivity index (χ4n) is 2.98. The summed E-state index contributed by atoms with van der Waals surface area (Å²) in [4.78, 5) is 18.8. The van der Waals surface area contributed by atoms with Crippen molar-refractivity contribution in [2.45, 2.75) is 52.2 Å². The summed E-state index contributed by atoms with van der Waals surface area (Å²) in [6.07, 6.45) is 1.44. The van der Waals surface area contributed by atoms with Crippen LogP contribution in [0.15, 0.2) is 18.2 Å². The molecule has 1 fully saturated rings. The van der Waals surface area contributed by atoms with Crippen molar-refractivity contribution in [3.8, 4) is 11.4 Å². The van der Waals surface area contributed by atoms with Gasteiger partial charge in [-0.2, -0.15) is 5.10 Å². The Morgan fingerprint density at radius 2 is 2.16 bits per heavy atom. The van der Waals surface area contributed by atoms with E-state index in [0.29, 0.717) is 23.2 Å². The first-order chi connectivity index (χ1) is 11.8. The molecule has 134 valence electrons. The topological polar surface area (TPSA) is 71.1 Å². The van der Waals surface area contributed by atoms with E-state index in [2.05, 4.69) is 15.2 Å². The zero-order chi connectivity index (χ0) is 18.2. The second-order valence-corrected chi connectivity index (χ2v) is 7.70. The van der Waals surface area contributed by atoms with Crippen LogP contribution >= 0.6 is 11.6 Å². The van der Waals surface area contributed by atoms with Gasteiger partial charge in [-0.25, -0.2) is 9.78 Å². The lowest BCUT2D eigenvalue weighted by molar-refractivity contribution is 0.0218. The molecule has 6 nitrogen and oxygen atoms in total. The van der Waals surface area contributed by atoms with Crippen LogP contribution in [0.5, 0.6) is 0 Å². The number of benzene rings is 1. The number of nitrogens with one attached hydrogen (secondary N) is 1. The molecule has 0 spiro atoms. The lowest BCUT2D eigenvalue weighted by Crippen LogP contribution is -2.36. The van der Waals surface area contributed by atoms with Crippen LogP contribution in [0.4, 0.5) is 4.79 Å². The Morgan fingerprint density at radius 3 is 2.88 bits per heavy atom. The Bertz CT molecular complexity index is 782. The van der Waals surface area contributed by atoms with Gasteiger partial charge in [-0.05, 0) is 52.2 Å². The average molecular weight is 363 g/mol. The molecule has 0 aliphatic carbocycles. The Balaban J connectivity index is 1.84. The molecule has 1 aromatic carbocycles. The van der Waals surface area contributed by atoms with E-state index in [0.717, 1.165) is 24.0 Å². The van der Waals surface area contributed by atoms with E-state index in [1.165, 1.54) is 0 Å². The summed E-state index contributed by atoms with van der Waals surface area (Å²) in [5.41, 5.74) is 1.30. The molecule has 0 bridgehead atoms. The van der Waals surface area contributed by atoms with Gasteiger partial charge in [0.25, 0.3) is 0 Å². The molecule has 0 unspecified atom stereocenters. The molecule has 25 heavy (non-hydrogen) atoms.